The lowest BCUT2D eigenvalue weighted by Gasteiger charge is -2.17. The van der Waals surface area contributed by atoms with Crippen molar-refractivity contribution < 1.29 is 27.1 Å². The molecule has 1 N–H and O–H groups in total. The van der Waals surface area contributed by atoms with Gasteiger partial charge in [-0.1, -0.05) is 6.92 Å². The van der Waals surface area contributed by atoms with Crippen LogP contribution in [0, 0.1) is 0 Å². The summed E-state index contributed by atoms with van der Waals surface area (Å²) in [6.45, 7) is -0.962. The van der Waals surface area contributed by atoms with E-state index >= 15 is 0 Å². The van der Waals surface area contributed by atoms with E-state index in [2.05, 4.69) is 30.3 Å². The fraction of sp³-hybridized carbons (Fsp3) is 0.312. The van der Waals surface area contributed by atoms with Crippen molar-refractivity contribution in [3.05, 3.63) is 35.9 Å². The number of carbonyl (C=O) groups is 1. The molecule has 4 rings (SSSR count). The quantitative estimate of drug-likeness (QED) is 0.662. The Balaban J connectivity index is 1.63. The van der Waals surface area contributed by atoms with Crippen molar-refractivity contribution in [2.75, 3.05) is 16.8 Å². The minimum absolute atomic E-state index is 0.0575. The highest BCUT2D eigenvalue weighted by Crippen LogP contribution is 2.36. The zero-order chi connectivity index (χ0) is 20.7. The third-order valence-corrected chi connectivity index (χ3v) is 4.30. The minimum Gasteiger partial charge on any atom is -0.415 e. The lowest BCUT2D eigenvalue weighted by molar-refractivity contribution is -0.0530. The number of urea groups is 1. The van der Waals surface area contributed by atoms with Crippen LogP contribution in [0.5, 0.6) is 5.88 Å². The number of anilines is 2. The van der Waals surface area contributed by atoms with Gasteiger partial charge >= 0.3 is 12.6 Å². The van der Waals surface area contributed by atoms with E-state index < -0.39 is 24.8 Å². The van der Waals surface area contributed by atoms with Crippen LogP contribution in [0.1, 0.15) is 30.7 Å². The van der Waals surface area contributed by atoms with E-state index in [4.69, 9.17) is 0 Å². The van der Waals surface area contributed by atoms with Gasteiger partial charge in [-0.05, 0) is 6.07 Å². The van der Waals surface area contributed by atoms with Crippen LogP contribution in [0.2, 0.25) is 0 Å². The molecular formula is C16H13F4N7O2. The summed E-state index contributed by atoms with van der Waals surface area (Å²) in [5.41, 5.74) is 0.765. The number of nitrogens with zero attached hydrogens (tertiary/aromatic N) is 6. The Hall–Kier alpha value is -3.51. The van der Waals surface area contributed by atoms with Crippen molar-refractivity contribution >= 4 is 23.1 Å². The molecule has 1 aliphatic heterocycles. The predicted octanol–water partition coefficient (Wildman–Crippen LogP) is 3.21. The molecule has 1 atom stereocenters. The lowest BCUT2D eigenvalue weighted by Crippen LogP contribution is -2.34. The molecule has 3 aromatic rings. The van der Waals surface area contributed by atoms with Gasteiger partial charge in [-0.15, -0.1) is 10.2 Å². The van der Waals surface area contributed by atoms with E-state index in [0.29, 0.717) is 11.4 Å². The van der Waals surface area contributed by atoms with Crippen LogP contribution in [0.25, 0.3) is 5.65 Å². The maximum atomic E-state index is 12.8. The van der Waals surface area contributed by atoms with Gasteiger partial charge in [0.1, 0.15) is 5.69 Å². The fourth-order valence-corrected chi connectivity index (χ4v) is 3.14. The third-order valence-electron chi connectivity index (χ3n) is 4.30. The second-order valence-corrected chi connectivity index (χ2v) is 6.27. The van der Waals surface area contributed by atoms with Crippen LogP contribution >= 0.6 is 0 Å². The van der Waals surface area contributed by atoms with Crippen LogP contribution in [0.4, 0.5) is 33.7 Å². The summed E-state index contributed by atoms with van der Waals surface area (Å²) in [6.07, 6.45) is -0.266. The van der Waals surface area contributed by atoms with Crippen LogP contribution in [0.3, 0.4) is 0 Å². The second kappa shape index (κ2) is 7.14. The zero-order valence-electron chi connectivity index (χ0n) is 14.8. The SMILES string of the molecule is CC1CN(C(=O)Nc2cnnc(C(F)F)c2)c2cnc3cc(OC(F)F)nn3c21. The van der Waals surface area contributed by atoms with Gasteiger partial charge in [0, 0.05) is 18.5 Å². The van der Waals surface area contributed by atoms with E-state index in [0.717, 1.165) is 12.3 Å². The summed E-state index contributed by atoms with van der Waals surface area (Å²) >= 11 is 0. The molecule has 2 amide bonds. The van der Waals surface area contributed by atoms with Crippen molar-refractivity contribution in [2.45, 2.75) is 25.9 Å². The second-order valence-electron chi connectivity index (χ2n) is 6.27. The van der Waals surface area contributed by atoms with E-state index in [9.17, 15) is 22.4 Å². The number of hydrogen-bond donors (Lipinski definition) is 1. The number of aromatic nitrogens is 5. The molecule has 152 valence electrons. The van der Waals surface area contributed by atoms with Crippen molar-refractivity contribution in [3.8, 4) is 5.88 Å². The van der Waals surface area contributed by atoms with Gasteiger partial charge in [0.25, 0.3) is 6.43 Å². The smallest absolute Gasteiger partial charge is 0.388 e. The number of ether oxygens (including phenoxy) is 1. The molecule has 0 saturated heterocycles. The van der Waals surface area contributed by atoms with Gasteiger partial charge in [0.2, 0.25) is 5.88 Å². The average molecular weight is 411 g/mol. The molecule has 3 aromatic heterocycles. The summed E-state index contributed by atoms with van der Waals surface area (Å²) in [5.74, 6) is -0.494. The number of amides is 2. The van der Waals surface area contributed by atoms with Crippen LogP contribution in [-0.4, -0.2) is 44.0 Å². The molecular weight excluding hydrogens is 398 g/mol. The molecule has 1 unspecified atom stereocenters. The molecule has 0 saturated carbocycles. The molecule has 0 spiro atoms. The van der Waals surface area contributed by atoms with E-state index in [1.54, 1.807) is 0 Å². The minimum atomic E-state index is -3.03. The average Bonchev–Trinajstić information content (AvgIpc) is 3.21. The normalized spacial score (nSPS) is 16.0. The van der Waals surface area contributed by atoms with Crippen LogP contribution in [-0.2, 0) is 0 Å². The van der Waals surface area contributed by atoms with Crippen molar-refractivity contribution in [3.63, 3.8) is 0 Å². The Morgan fingerprint density at radius 2 is 2.07 bits per heavy atom. The van der Waals surface area contributed by atoms with Crippen molar-refractivity contribution in [1.82, 2.24) is 24.8 Å². The van der Waals surface area contributed by atoms with E-state index in [-0.39, 0.29) is 29.7 Å². The molecule has 0 fully saturated rings. The molecule has 9 nitrogen and oxygen atoms in total. The van der Waals surface area contributed by atoms with Gasteiger partial charge in [-0.25, -0.2) is 23.1 Å². The van der Waals surface area contributed by atoms with Crippen LogP contribution in [0.15, 0.2) is 24.5 Å². The Kier molecular flexibility index (Phi) is 4.64. The highest BCUT2D eigenvalue weighted by atomic mass is 19.3. The number of hydrogen-bond acceptors (Lipinski definition) is 6. The lowest BCUT2D eigenvalue weighted by atomic mass is 10.1. The number of alkyl halides is 4. The van der Waals surface area contributed by atoms with Gasteiger partial charge in [0.05, 0.1) is 29.5 Å². The number of nitrogens with one attached hydrogen (secondary N) is 1. The first kappa shape index (κ1) is 18.8. The van der Waals surface area contributed by atoms with E-state index in [1.165, 1.54) is 21.7 Å². The summed E-state index contributed by atoms with van der Waals surface area (Å²) < 4.78 is 56.1. The predicted molar refractivity (Wildman–Crippen MR) is 91.4 cm³/mol. The zero-order valence-corrected chi connectivity index (χ0v) is 14.8. The Bertz CT molecular complexity index is 1070. The van der Waals surface area contributed by atoms with Crippen molar-refractivity contribution in [1.29, 1.82) is 0 Å². The summed E-state index contributed by atoms with van der Waals surface area (Å²) in [5, 5.41) is 13.2. The molecule has 1 aliphatic rings. The van der Waals surface area contributed by atoms with Gasteiger partial charge in [-0.2, -0.15) is 13.9 Å². The topological polar surface area (TPSA) is 97.5 Å². The summed E-state index contributed by atoms with van der Waals surface area (Å²) in [7, 11) is 0. The van der Waals surface area contributed by atoms with Gasteiger partial charge < -0.3 is 10.1 Å². The third kappa shape index (κ3) is 3.50. The molecule has 4 heterocycles. The number of rotatable bonds is 4. The number of halogens is 4. The van der Waals surface area contributed by atoms with E-state index in [1.807, 2.05) is 6.92 Å². The maximum absolute atomic E-state index is 12.8. The fourth-order valence-electron chi connectivity index (χ4n) is 3.14. The molecule has 0 aliphatic carbocycles. The monoisotopic (exact) mass is 411 g/mol. The maximum Gasteiger partial charge on any atom is 0.388 e. The number of fused-ring (bicyclic) bond motifs is 3. The first-order valence-corrected chi connectivity index (χ1v) is 8.36. The Morgan fingerprint density at radius 1 is 1.28 bits per heavy atom. The molecule has 0 bridgehead atoms. The Labute approximate surface area is 160 Å². The molecule has 13 heteroatoms. The summed E-state index contributed by atoms with van der Waals surface area (Å²) in [4.78, 5) is 18.2. The first-order chi connectivity index (χ1) is 13.8. The first-order valence-electron chi connectivity index (χ1n) is 8.36. The standard InChI is InChI=1S/C16H13F4N7O2/c1-7-6-26(16(28)23-8-2-9(14(17)18)24-22-4-8)10-5-21-11-3-12(29-15(19)20)25-27(11)13(7)10/h2-5,7,14-15H,6H2,1H3,(H,23,24,28). The number of carbonyl (C=O) groups excluding carboxylic acids is 1. The Morgan fingerprint density at radius 3 is 2.79 bits per heavy atom. The summed E-state index contributed by atoms with van der Waals surface area (Å²) in [6, 6.07) is 1.69. The largest absolute Gasteiger partial charge is 0.415 e. The molecule has 0 aromatic carbocycles. The highest BCUT2D eigenvalue weighted by Gasteiger charge is 2.33. The van der Waals surface area contributed by atoms with Gasteiger partial charge in [0.15, 0.2) is 5.65 Å². The van der Waals surface area contributed by atoms with Crippen LogP contribution < -0.4 is 15.0 Å². The molecule has 0 radical (unpaired) electrons. The highest BCUT2D eigenvalue weighted by molar-refractivity contribution is 6.03. The molecule has 29 heavy (non-hydrogen) atoms. The van der Waals surface area contributed by atoms with Gasteiger partial charge in [-0.3, -0.25) is 4.90 Å². The van der Waals surface area contributed by atoms with Crippen molar-refractivity contribution in [2.24, 2.45) is 0 Å².